The van der Waals surface area contributed by atoms with Crippen LogP contribution in [0.1, 0.15) is 19.3 Å². The van der Waals surface area contributed by atoms with E-state index in [0.29, 0.717) is 12.8 Å². The fraction of sp³-hybridized carbons (Fsp3) is 0.615. The number of fused-ring (bicyclic) bond motifs is 5. The Hall–Kier alpha value is -1.13. The van der Waals surface area contributed by atoms with Gasteiger partial charge in [0.2, 0.25) is 5.91 Å². The predicted octanol–water partition coefficient (Wildman–Crippen LogP) is 1.14. The van der Waals surface area contributed by atoms with Crippen molar-refractivity contribution in [2.75, 3.05) is 0 Å². The van der Waals surface area contributed by atoms with Crippen LogP contribution >= 0.6 is 0 Å². The Morgan fingerprint density at radius 2 is 1.94 bits per heavy atom. The van der Waals surface area contributed by atoms with Crippen molar-refractivity contribution in [3.8, 4) is 0 Å². The summed E-state index contributed by atoms with van der Waals surface area (Å²) < 4.78 is 12.1. The zero-order valence-electron chi connectivity index (χ0n) is 9.72. The summed E-state index contributed by atoms with van der Waals surface area (Å²) in [4.78, 5) is 11.6. The van der Waals surface area contributed by atoms with E-state index in [1.165, 1.54) is 0 Å². The van der Waals surface area contributed by atoms with Gasteiger partial charge in [-0.3, -0.25) is 4.79 Å². The summed E-state index contributed by atoms with van der Waals surface area (Å²) in [6, 6.07) is 0.119. The molecule has 1 N–H and O–H groups in total. The van der Waals surface area contributed by atoms with Crippen LogP contribution in [-0.4, -0.2) is 29.9 Å². The molecule has 92 valence electrons. The van der Waals surface area contributed by atoms with Crippen molar-refractivity contribution in [3.05, 3.63) is 25.3 Å². The number of piperidine rings is 1. The van der Waals surface area contributed by atoms with Crippen molar-refractivity contribution in [2.24, 2.45) is 5.92 Å². The lowest BCUT2D eigenvalue weighted by Gasteiger charge is -2.27. The molecular formula is C13H17NO3. The van der Waals surface area contributed by atoms with Gasteiger partial charge in [-0.2, -0.15) is 0 Å². The first-order chi connectivity index (χ1) is 8.19. The average Bonchev–Trinajstić information content (AvgIpc) is 2.88. The van der Waals surface area contributed by atoms with Gasteiger partial charge in [0.05, 0.1) is 12.0 Å². The molecule has 2 bridgehead atoms. The Balaban J connectivity index is 1.83. The van der Waals surface area contributed by atoms with Gasteiger partial charge in [0.1, 0.15) is 12.2 Å². The van der Waals surface area contributed by atoms with Crippen LogP contribution in [0.3, 0.4) is 0 Å². The Kier molecular flexibility index (Phi) is 2.38. The number of hydrogen-bond acceptors (Lipinski definition) is 3. The molecule has 2 heterocycles. The second-order valence-corrected chi connectivity index (χ2v) is 5.02. The molecule has 4 atom stereocenters. The molecule has 2 saturated heterocycles. The first kappa shape index (κ1) is 11.0. The van der Waals surface area contributed by atoms with Gasteiger partial charge in [-0.1, -0.05) is 12.2 Å². The summed E-state index contributed by atoms with van der Waals surface area (Å²) in [5, 5.41) is 2.95. The second kappa shape index (κ2) is 3.68. The highest BCUT2D eigenvalue weighted by atomic mass is 16.8. The van der Waals surface area contributed by atoms with Gasteiger partial charge in [-0.05, 0) is 6.42 Å². The van der Waals surface area contributed by atoms with Crippen LogP contribution in [0, 0.1) is 5.92 Å². The molecule has 4 nitrogen and oxygen atoms in total. The minimum Gasteiger partial charge on any atom is -0.350 e. The lowest BCUT2D eigenvalue weighted by molar-refractivity contribution is -0.177. The Morgan fingerprint density at radius 1 is 1.29 bits per heavy atom. The van der Waals surface area contributed by atoms with Crippen LogP contribution in [0.5, 0.6) is 0 Å². The maximum atomic E-state index is 11.6. The van der Waals surface area contributed by atoms with Crippen LogP contribution in [0.4, 0.5) is 0 Å². The highest BCUT2D eigenvalue weighted by Crippen LogP contribution is 2.47. The molecule has 0 spiro atoms. The second-order valence-electron chi connectivity index (χ2n) is 5.02. The number of rotatable bonds is 4. The average molecular weight is 235 g/mol. The standard InChI is InChI=1S/C13H17NO3/c1-3-5-13(6-4-2)16-10-8-7-9(11(10)17-13)14-12(8)15/h3-4,8-11H,1-2,5-7H2,(H,14,15). The molecule has 1 aliphatic carbocycles. The molecule has 2 aliphatic heterocycles. The molecule has 0 aromatic heterocycles. The van der Waals surface area contributed by atoms with E-state index in [1.807, 2.05) is 0 Å². The number of carbonyl (C=O) groups is 1. The Bertz CT molecular complexity index is 369. The third kappa shape index (κ3) is 1.47. The molecule has 3 fully saturated rings. The molecule has 0 radical (unpaired) electrons. The smallest absolute Gasteiger partial charge is 0.226 e. The van der Waals surface area contributed by atoms with Crippen molar-refractivity contribution < 1.29 is 14.3 Å². The summed E-state index contributed by atoms with van der Waals surface area (Å²) in [5.41, 5.74) is 0. The van der Waals surface area contributed by atoms with E-state index in [-0.39, 0.29) is 30.1 Å². The number of hydrogen-bond donors (Lipinski definition) is 1. The first-order valence-corrected chi connectivity index (χ1v) is 6.07. The summed E-state index contributed by atoms with van der Waals surface area (Å²) in [6.45, 7) is 7.47. The van der Waals surface area contributed by atoms with E-state index >= 15 is 0 Å². The third-order valence-electron chi connectivity index (χ3n) is 3.90. The lowest BCUT2D eigenvalue weighted by atomic mass is 10.0. The summed E-state index contributed by atoms with van der Waals surface area (Å²) in [5.74, 6) is -0.587. The number of ether oxygens (including phenoxy) is 2. The van der Waals surface area contributed by atoms with E-state index < -0.39 is 5.79 Å². The van der Waals surface area contributed by atoms with E-state index in [2.05, 4.69) is 18.5 Å². The lowest BCUT2D eigenvalue weighted by Crippen LogP contribution is -2.47. The van der Waals surface area contributed by atoms with Crippen LogP contribution in [0.15, 0.2) is 25.3 Å². The SMILES string of the molecule is C=CCC1(CC=C)OC2C3CC(C(=O)N3)C2O1. The minimum atomic E-state index is -0.651. The van der Waals surface area contributed by atoms with E-state index in [1.54, 1.807) is 12.2 Å². The van der Waals surface area contributed by atoms with Crippen LogP contribution in [0.25, 0.3) is 0 Å². The van der Waals surface area contributed by atoms with Crippen LogP contribution in [-0.2, 0) is 14.3 Å². The van der Waals surface area contributed by atoms with Gasteiger partial charge in [0.25, 0.3) is 0 Å². The van der Waals surface area contributed by atoms with Crippen molar-refractivity contribution in [3.63, 3.8) is 0 Å². The maximum Gasteiger partial charge on any atom is 0.226 e. The summed E-state index contributed by atoms with van der Waals surface area (Å²) >= 11 is 0. The Morgan fingerprint density at radius 3 is 2.59 bits per heavy atom. The van der Waals surface area contributed by atoms with Crippen molar-refractivity contribution >= 4 is 5.91 Å². The summed E-state index contributed by atoms with van der Waals surface area (Å²) in [6.07, 6.45) is 5.58. The van der Waals surface area contributed by atoms with Crippen LogP contribution in [0.2, 0.25) is 0 Å². The minimum absolute atomic E-state index is 0.00222. The maximum absolute atomic E-state index is 11.6. The van der Waals surface area contributed by atoms with Gasteiger partial charge < -0.3 is 14.8 Å². The molecule has 0 aromatic carbocycles. The fourth-order valence-electron chi connectivity index (χ4n) is 3.22. The third-order valence-corrected chi connectivity index (χ3v) is 3.90. The zero-order chi connectivity index (χ0) is 12.0. The molecule has 1 amide bonds. The van der Waals surface area contributed by atoms with Crippen LogP contribution < -0.4 is 5.32 Å². The highest BCUT2D eigenvalue weighted by molar-refractivity contribution is 5.83. The molecule has 4 unspecified atom stereocenters. The van der Waals surface area contributed by atoms with Crippen molar-refractivity contribution in [1.82, 2.24) is 5.32 Å². The molecule has 17 heavy (non-hydrogen) atoms. The molecule has 3 aliphatic rings. The van der Waals surface area contributed by atoms with E-state index in [0.717, 1.165) is 6.42 Å². The zero-order valence-corrected chi connectivity index (χ0v) is 9.72. The molecule has 0 aromatic rings. The van der Waals surface area contributed by atoms with Gasteiger partial charge >= 0.3 is 0 Å². The topological polar surface area (TPSA) is 47.6 Å². The number of carbonyl (C=O) groups excluding carboxylic acids is 1. The van der Waals surface area contributed by atoms with E-state index in [9.17, 15) is 4.79 Å². The molecular weight excluding hydrogens is 218 g/mol. The quantitative estimate of drug-likeness (QED) is 0.743. The van der Waals surface area contributed by atoms with Gasteiger partial charge in [0.15, 0.2) is 5.79 Å². The molecule has 1 saturated carbocycles. The largest absolute Gasteiger partial charge is 0.350 e. The number of nitrogens with one attached hydrogen (secondary N) is 1. The van der Waals surface area contributed by atoms with Crippen molar-refractivity contribution in [2.45, 2.75) is 43.3 Å². The fourth-order valence-corrected chi connectivity index (χ4v) is 3.22. The predicted molar refractivity (Wildman–Crippen MR) is 62.1 cm³/mol. The molecule has 4 heteroatoms. The van der Waals surface area contributed by atoms with Gasteiger partial charge in [0, 0.05) is 12.8 Å². The van der Waals surface area contributed by atoms with E-state index in [4.69, 9.17) is 9.47 Å². The Labute approximate surface area is 101 Å². The molecule has 3 rings (SSSR count). The summed E-state index contributed by atoms with van der Waals surface area (Å²) in [7, 11) is 0. The monoisotopic (exact) mass is 235 g/mol. The number of amides is 1. The first-order valence-electron chi connectivity index (χ1n) is 6.07. The van der Waals surface area contributed by atoms with Crippen molar-refractivity contribution in [1.29, 1.82) is 0 Å². The highest BCUT2D eigenvalue weighted by Gasteiger charge is 2.61. The van der Waals surface area contributed by atoms with Gasteiger partial charge in [-0.25, -0.2) is 0 Å². The van der Waals surface area contributed by atoms with Gasteiger partial charge in [-0.15, -0.1) is 13.2 Å². The normalized spacial score (nSPS) is 41.1.